The third kappa shape index (κ3) is 5.18. The van der Waals surface area contributed by atoms with Gasteiger partial charge >= 0.3 is 17.6 Å². The maximum atomic E-state index is 12.5. The van der Waals surface area contributed by atoms with Crippen LogP contribution in [0.15, 0.2) is 0 Å². The smallest absolute Gasteiger partial charge is 0.377 e. The molecule has 2 unspecified atom stereocenters. The Bertz CT molecular complexity index is 291. The molecular weight excluding hydrogens is 344 g/mol. The zero-order valence-electron chi connectivity index (χ0n) is 14.8. The van der Waals surface area contributed by atoms with E-state index in [1.54, 1.807) is 42.7 Å². The molecule has 2 atom stereocenters. The van der Waals surface area contributed by atoms with E-state index in [9.17, 15) is 4.21 Å². The second-order valence-electron chi connectivity index (χ2n) is 5.01. The topological polar surface area (TPSA) is 72.5 Å². The van der Waals surface area contributed by atoms with E-state index < -0.39 is 28.4 Å². The van der Waals surface area contributed by atoms with Crippen LogP contribution < -0.4 is 0 Å². The van der Waals surface area contributed by atoms with E-state index in [2.05, 4.69) is 0 Å². The van der Waals surface area contributed by atoms with Gasteiger partial charge in [-0.05, 0) is 0 Å². The summed E-state index contributed by atoms with van der Waals surface area (Å²) in [5, 5.41) is 0. The minimum atomic E-state index is -2.78. The second kappa shape index (κ2) is 10.3. The predicted molar refractivity (Wildman–Crippen MR) is 90.3 cm³/mol. The molecule has 0 saturated carbocycles. The first-order valence-electron chi connectivity index (χ1n) is 6.97. The van der Waals surface area contributed by atoms with Gasteiger partial charge in [0.05, 0.1) is 0 Å². The number of rotatable bonds is 12. The highest BCUT2D eigenvalue weighted by Crippen LogP contribution is 2.28. The van der Waals surface area contributed by atoms with Crippen molar-refractivity contribution in [1.29, 1.82) is 0 Å². The zero-order valence-corrected chi connectivity index (χ0v) is 17.7. The summed E-state index contributed by atoms with van der Waals surface area (Å²) in [6, 6.07) is 0. The van der Waals surface area contributed by atoms with Crippen LogP contribution in [0.5, 0.6) is 0 Å². The molecule has 0 aromatic heterocycles. The van der Waals surface area contributed by atoms with Gasteiger partial charge in [-0.1, -0.05) is 13.8 Å². The van der Waals surface area contributed by atoms with Crippen LogP contribution in [0.4, 0.5) is 0 Å². The Hall–Kier alpha value is 0.344. The van der Waals surface area contributed by atoms with E-state index in [1.165, 1.54) is 0 Å². The summed E-state index contributed by atoms with van der Waals surface area (Å²) in [6.45, 7) is 3.86. The first-order chi connectivity index (χ1) is 10.3. The van der Waals surface area contributed by atoms with Gasteiger partial charge in [-0.3, -0.25) is 4.21 Å². The van der Waals surface area contributed by atoms with Gasteiger partial charge in [0, 0.05) is 76.0 Å². The molecule has 0 aliphatic carbocycles. The average Bonchev–Trinajstić information content (AvgIpc) is 2.51. The lowest BCUT2D eigenvalue weighted by molar-refractivity contribution is 0.115. The van der Waals surface area contributed by atoms with Gasteiger partial charge in [-0.25, -0.2) is 0 Å². The highest BCUT2D eigenvalue weighted by Gasteiger charge is 2.48. The van der Waals surface area contributed by atoms with Crippen molar-refractivity contribution in [2.45, 2.75) is 24.9 Å². The Morgan fingerprint density at radius 1 is 0.682 bits per heavy atom. The van der Waals surface area contributed by atoms with Crippen LogP contribution in [0, 0.1) is 0 Å². The monoisotopic (exact) mass is 374 g/mol. The standard InChI is InChI=1S/C12H30O7SSi2/c1-11(21(14-3,15-4)16-5)9-20(13)10-12(2)22(17-6,18-7)19-8/h11-12H,9-10H2,1-8H3. The Balaban J connectivity index is 4.81. The fraction of sp³-hybridized carbons (Fsp3) is 1.00. The van der Waals surface area contributed by atoms with Crippen LogP contribution in [0.3, 0.4) is 0 Å². The van der Waals surface area contributed by atoms with Gasteiger partial charge in [-0.2, -0.15) is 0 Å². The van der Waals surface area contributed by atoms with E-state index >= 15 is 0 Å². The minimum absolute atomic E-state index is 0.0794. The van der Waals surface area contributed by atoms with Crippen LogP contribution in [0.1, 0.15) is 13.8 Å². The van der Waals surface area contributed by atoms with Crippen LogP contribution in [0.25, 0.3) is 0 Å². The van der Waals surface area contributed by atoms with E-state index in [1.807, 2.05) is 13.8 Å². The minimum Gasteiger partial charge on any atom is -0.377 e. The van der Waals surface area contributed by atoms with E-state index in [4.69, 9.17) is 26.6 Å². The quantitative estimate of drug-likeness (QED) is 0.476. The van der Waals surface area contributed by atoms with Crippen molar-refractivity contribution in [1.82, 2.24) is 0 Å². The summed E-state index contributed by atoms with van der Waals surface area (Å²) < 4.78 is 45.1. The molecule has 0 fully saturated rings. The molecule has 0 bridgehead atoms. The van der Waals surface area contributed by atoms with Gasteiger partial charge in [-0.15, -0.1) is 0 Å². The van der Waals surface area contributed by atoms with Gasteiger partial charge in [0.25, 0.3) is 0 Å². The van der Waals surface area contributed by atoms with Crippen molar-refractivity contribution in [2.75, 3.05) is 54.2 Å². The Kier molecular flexibility index (Phi) is 10.4. The van der Waals surface area contributed by atoms with Crippen LogP contribution >= 0.6 is 0 Å². The first-order valence-corrected chi connectivity index (χ1v) is 12.1. The predicted octanol–water partition coefficient (Wildman–Crippen LogP) is 1.27. The summed E-state index contributed by atoms with van der Waals surface area (Å²) in [4.78, 5) is 0. The molecule has 0 saturated heterocycles. The van der Waals surface area contributed by atoms with Crippen LogP contribution in [0.2, 0.25) is 11.1 Å². The third-order valence-electron chi connectivity index (χ3n) is 3.79. The summed E-state index contributed by atoms with van der Waals surface area (Å²) in [5.41, 5.74) is -0.159. The van der Waals surface area contributed by atoms with Gasteiger partial charge in [0.1, 0.15) is 0 Å². The van der Waals surface area contributed by atoms with Crippen LogP contribution in [-0.2, 0) is 37.4 Å². The Morgan fingerprint density at radius 3 is 1.09 bits per heavy atom. The highest BCUT2D eigenvalue weighted by molar-refractivity contribution is 7.85. The summed E-state index contributed by atoms with van der Waals surface area (Å²) in [6.07, 6.45) is 0. The summed E-state index contributed by atoms with van der Waals surface area (Å²) >= 11 is 0. The molecule has 0 amide bonds. The van der Waals surface area contributed by atoms with Crippen molar-refractivity contribution in [3.05, 3.63) is 0 Å². The Labute approximate surface area is 138 Å². The third-order valence-corrected chi connectivity index (χ3v) is 12.4. The highest BCUT2D eigenvalue weighted by atomic mass is 32.2. The van der Waals surface area contributed by atoms with Crippen molar-refractivity contribution < 1.29 is 30.8 Å². The van der Waals surface area contributed by atoms with Crippen molar-refractivity contribution in [3.8, 4) is 0 Å². The molecule has 0 aromatic carbocycles. The number of hydrogen-bond donors (Lipinski definition) is 0. The largest absolute Gasteiger partial charge is 0.504 e. The lowest BCUT2D eigenvalue weighted by Gasteiger charge is -2.32. The first kappa shape index (κ1) is 22.3. The lowest BCUT2D eigenvalue weighted by Crippen LogP contribution is -2.50. The van der Waals surface area contributed by atoms with Crippen LogP contribution in [-0.4, -0.2) is 76.0 Å². The molecule has 0 aliphatic rings. The van der Waals surface area contributed by atoms with Gasteiger partial charge < -0.3 is 26.6 Å². The lowest BCUT2D eigenvalue weighted by atomic mass is 10.5. The molecular formula is C12H30O7SSi2. The molecule has 22 heavy (non-hydrogen) atoms. The Morgan fingerprint density at radius 2 is 0.909 bits per heavy atom. The van der Waals surface area contributed by atoms with Gasteiger partial charge in [0.2, 0.25) is 0 Å². The maximum absolute atomic E-state index is 12.5. The van der Waals surface area contributed by atoms with E-state index in [0.29, 0.717) is 11.5 Å². The molecule has 0 aliphatic heterocycles. The van der Waals surface area contributed by atoms with Gasteiger partial charge in [0.15, 0.2) is 0 Å². The second-order valence-corrected chi connectivity index (χ2v) is 13.4. The zero-order chi connectivity index (χ0) is 17.4. The normalized spacial score (nSPS) is 17.3. The van der Waals surface area contributed by atoms with Crippen molar-refractivity contribution in [2.24, 2.45) is 0 Å². The summed E-state index contributed by atoms with van der Waals surface area (Å²) in [7, 11) is 2.68. The molecule has 7 nitrogen and oxygen atoms in total. The average molecular weight is 375 g/mol. The molecule has 134 valence electrons. The fourth-order valence-electron chi connectivity index (χ4n) is 2.54. The SMILES string of the molecule is CO[Si](OC)(OC)C(C)CS(=O)CC(C)[Si](OC)(OC)OC. The number of hydrogen-bond acceptors (Lipinski definition) is 7. The fourth-order valence-corrected chi connectivity index (χ4v) is 9.95. The summed E-state index contributed by atoms with van der Waals surface area (Å²) in [5.74, 6) is 0.849. The molecule has 0 heterocycles. The van der Waals surface area contributed by atoms with Crippen molar-refractivity contribution >= 4 is 28.4 Å². The maximum Gasteiger partial charge on any atom is 0.504 e. The van der Waals surface area contributed by atoms with Crippen molar-refractivity contribution in [3.63, 3.8) is 0 Å². The molecule has 0 radical (unpaired) electrons. The molecule has 0 N–H and O–H groups in total. The molecule has 10 heteroatoms. The molecule has 0 spiro atoms. The van der Waals surface area contributed by atoms with E-state index in [0.717, 1.165) is 0 Å². The van der Waals surface area contributed by atoms with E-state index in [-0.39, 0.29) is 11.1 Å². The molecule has 0 aromatic rings. The molecule has 0 rings (SSSR count).